The molecule has 11 heavy (non-hydrogen) atoms. The first kappa shape index (κ1) is 7.52. The molecule has 0 aromatic rings. The van der Waals surface area contributed by atoms with Gasteiger partial charge in [-0.3, -0.25) is 0 Å². The van der Waals surface area contributed by atoms with Gasteiger partial charge in [-0.25, -0.2) is 4.72 Å². The van der Waals surface area contributed by atoms with Crippen LogP contribution in [-0.2, 0) is 10.2 Å². The van der Waals surface area contributed by atoms with Crippen LogP contribution in [0.1, 0.15) is 13.3 Å². The molecule has 0 aromatic heterocycles. The summed E-state index contributed by atoms with van der Waals surface area (Å²) in [5.41, 5.74) is 0. The predicted molar refractivity (Wildman–Crippen MR) is 41.2 cm³/mol. The lowest BCUT2D eigenvalue weighted by Gasteiger charge is -2.10. The van der Waals surface area contributed by atoms with Gasteiger partial charge in [-0.1, -0.05) is 6.92 Å². The smallest absolute Gasteiger partial charge is 0.200 e. The lowest BCUT2D eigenvalue weighted by atomic mass is 10.1. The molecule has 0 saturated carbocycles. The van der Waals surface area contributed by atoms with Crippen LogP contribution in [0.25, 0.3) is 0 Å². The van der Waals surface area contributed by atoms with E-state index in [0.29, 0.717) is 19.0 Å². The largest absolute Gasteiger partial charge is 0.279 e. The Morgan fingerprint density at radius 2 is 2.27 bits per heavy atom. The van der Waals surface area contributed by atoms with Crippen LogP contribution in [0.3, 0.4) is 0 Å². The number of nitrogens with one attached hydrogen (secondary N) is 1. The second-order valence-corrected chi connectivity index (χ2v) is 5.13. The third kappa shape index (κ3) is 1.07. The molecule has 2 heterocycles. The second-order valence-electron chi connectivity index (χ2n) is 3.42. The van der Waals surface area contributed by atoms with Crippen LogP contribution in [0.4, 0.5) is 0 Å². The molecule has 5 heteroatoms. The van der Waals surface area contributed by atoms with E-state index >= 15 is 0 Å². The summed E-state index contributed by atoms with van der Waals surface area (Å²) in [4.78, 5) is 0. The maximum atomic E-state index is 11.2. The van der Waals surface area contributed by atoms with E-state index in [1.165, 1.54) is 0 Å². The summed E-state index contributed by atoms with van der Waals surface area (Å²) < 4.78 is 26.5. The zero-order valence-corrected chi connectivity index (χ0v) is 7.26. The Morgan fingerprint density at radius 1 is 1.55 bits per heavy atom. The van der Waals surface area contributed by atoms with Crippen molar-refractivity contribution >= 4 is 10.2 Å². The topological polar surface area (TPSA) is 49.4 Å². The number of nitrogens with zero attached hydrogens (tertiary/aromatic N) is 1. The Labute approximate surface area is 66.8 Å². The highest BCUT2D eigenvalue weighted by atomic mass is 32.2. The zero-order chi connectivity index (χ0) is 8.06. The van der Waals surface area contributed by atoms with Gasteiger partial charge in [0.05, 0.1) is 0 Å². The molecular weight excluding hydrogens is 164 g/mol. The predicted octanol–water partition coefficient (Wildman–Crippen LogP) is -0.455. The maximum absolute atomic E-state index is 11.2. The Kier molecular flexibility index (Phi) is 1.49. The Bertz CT molecular complexity index is 262. The molecular formula is C6H12N2O2S. The molecule has 2 rings (SSSR count). The molecule has 0 radical (unpaired) electrons. The molecule has 4 nitrogen and oxygen atoms in total. The molecule has 2 saturated heterocycles. The van der Waals surface area contributed by atoms with Crippen molar-refractivity contribution in [3.63, 3.8) is 0 Å². The maximum Gasteiger partial charge on any atom is 0.279 e. The van der Waals surface area contributed by atoms with Gasteiger partial charge < -0.3 is 0 Å². The Hall–Kier alpha value is -0.130. The fraction of sp³-hybridized carbons (Fsp3) is 1.00. The minimum Gasteiger partial charge on any atom is -0.200 e. The molecule has 2 atom stereocenters. The Balaban J connectivity index is 2.27. The van der Waals surface area contributed by atoms with E-state index in [4.69, 9.17) is 0 Å². The van der Waals surface area contributed by atoms with Crippen molar-refractivity contribution in [3.8, 4) is 0 Å². The molecule has 0 amide bonds. The quantitative estimate of drug-likeness (QED) is 0.543. The third-order valence-corrected chi connectivity index (χ3v) is 3.98. The zero-order valence-electron chi connectivity index (χ0n) is 6.45. The molecule has 0 aromatic carbocycles. The van der Waals surface area contributed by atoms with E-state index in [0.717, 1.165) is 6.42 Å². The van der Waals surface area contributed by atoms with Crippen molar-refractivity contribution in [2.24, 2.45) is 5.92 Å². The van der Waals surface area contributed by atoms with Gasteiger partial charge in [0.15, 0.2) is 0 Å². The monoisotopic (exact) mass is 176 g/mol. The summed E-state index contributed by atoms with van der Waals surface area (Å²) >= 11 is 0. The van der Waals surface area contributed by atoms with Crippen LogP contribution in [0.5, 0.6) is 0 Å². The van der Waals surface area contributed by atoms with Crippen molar-refractivity contribution in [2.45, 2.75) is 19.4 Å². The van der Waals surface area contributed by atoms with Crippen molar-refractivity contribution in [1.82, 2.24) is 9.03 Å². The third-order valence-electron chi connectivity index (χ3n) is 2.38. The van der Waals surface area contributed by atoms with Gasteiger partial charge in [0.25, 0.3) is 10.2 Å². The molecule has 64 valence electrons. The average Bonchev–Trinajstić information content (AvgIpc) is 2.35. The van der Waals surface area contributed by atoms with Gasteiger partial charge in [0.2, 0.25) is 0 Å². The molecule has 0 bridgehead atoms. The van der Waals surface area contributed by atoms with E-state index in [-0.39, 0.29) is 6.04 Å². The summed E-state index contributed by atoms with van der Waals surface area (Å²) in [7, 11) is -3.07. The molecule has 0 aliphatic carbocycles. The van der Waals surface area contributed by atoms with E-state index in [1.807, 2.05) is 0 Å². The average molecular weight is 176 g/mol. The SMILES string of the molecule is CC1CC2CNS(=O)(=O)N2C1. The summed E-state index contributed by atoms with van der Waals surface area (Å²) in [5.74, 6) is 0.525. The van der Waals surface area contributed by atoms with Crippen LogP contribution in [-0.4, -0.2) is 31.9 Å². The highest BCUT2D eigenvalue weighted by Gasteiger charge is 2.42. The molecule has 2 aliphatic heterocycles. The molecule has 2 aliphatic rings. The molecule has 0 spiro atoms. The van der Waals surface area contributed by atoms with Crippen LogP contribution >= 0.6 is 0 Å². The lowest BCUT2D eigenvalue weighted by Crippen LogP contribution is -2.30. The van der Waals surface area contributed by atoms with E-state index in [9.17, 15) is 8.42 Å². The minimum absolute atomic E-state index is 0.231. The first-order valence-corrected chi connectivity index (χ1v) is 5.30. The van der Waals surface area contributed by atoms with Crippen LogP contribution in [0, 0.1) is 5.92 Å². The molecule has 2 fully saturated rings. The van der Waals surface area contributed by atoms with Crippen LogP contribution in [0.15, 0.2) is 0 Å². The van der Waals surface area contributed by atoms with E-state index in [1.54, 1.807) is 4.31 Å². The second kappa shape index (κ2) is 2.18. The number of fused-ring (bicyclic) bond motifs is 1. The van der Waals surface area contributed by atoms with Gasteiger partial charge in [-0.2, -0.15) is 12.7 Å². The van der Waals surface area contributed by atoms with E-state index in [2.05, 4.69) is 11.6 Å². The fourth-order valence-corrected chi connectivity index (χ4v) is 3.45. The highest BCUT2D eigenvalue weighted by molar-refractivity contribution is 7.87. The summed E-state index contributed by atoms with van der Waals surface area (Å²) in [6.45, 7) is 3.39. The normalized spacial score (nSPS) is 42.6. The van der Waals surface area contributed by atoms with Gasteiger partial charge in [-0.15, -0.1) is 0 Å². The summed E-state index contributed by atoms with van der Waals surface area (Å²) in [5, 5.41) is 0. The molecule has 1 N–H and O–H groups in total. The highest BCUT2D eigenvalue weighted by Crippen LogP contribution is 2.28. The van der Waals surface area contributed by atoms with Gasteiger partial charge in [-0.05, 0) is 12.3 Å². The summed E-state index contributed by atoms with van der Waals surface area (Å²) in [6, 6.07) is 0.231. The van der Waals surface area contributed by atoms with Crippen LogP contribution < -0.4 is 4.72 Å². The standard InChI is InChI=1S/C6H12N2O2S/c1-5-2-6-3-7-11(9,10)8(6)4-5/h5-7H,2-4H2,1H3. The number of hydrogen-bond acceptors (Lipinski definition) is 2. The van der Waals surface area contributed by atoms with E-state index < -0.39 is 10.2 Å². The number of hydrogen-bond donors (Lipinski definition) is 1. The minimum atomic E-state index is -3.07. The first-order valence-electron chi connectivity index (χ1n) is 3.86. The fourth-order valence-electron chi connectivity index (χ4n) is 1.88. The Morgan fingerprint density at radius 3 is 2.91 bits per heavy atom. The lowest BCUT2D eigenvalue weighted by molar-refractivity contribution is 0.429. The molecule has 2 unspecified atom stereocenters. The van der Waals surface area contributed by atoms with Crippen LogP contribution in [0.2, 0.25) is 0 Å². The van der Waals surface area contributed by atoms with Gasteiger partial charge >= 0.3 is 0 Å². The first-order chi connectivity index (χ1) is 5.09. The van der Waals surface area contributed by atoms with Crippen molar-refractivity contribution < 1.29 is 8.42 Å². The van der Waals surface area contributed by atoms with Gasteiger partial charge in [0, 0.05) is 19.1 Å². The number of rotatable bonds is 0. The van der Waals surface area contributed by atoms with Crippen molar-refractivity contribution in [1.29, 1.82) is 0 Å². The summed E-state index contributed by atoms with van der Waals surface area (Å²) in [6.07, 6.45) is 1.01. The van der Waals surface area contributed by atoms with Crippen molar-refractivity contribution in [2.75, 3.05) is 13.1 Å². The van der Waals surface area contributed by atoms with Gasteiger partial charge in [0.1, 0.15) is 0 Å². The van der Waals surface area contributed by atoms with Crippen molar-refractivity contribution in [3.05, 3.63) is 0 Å².